The number of hydroxylamine groups is 2. The highest BCUT2D eigenvalue weighted by Crippen LogP contribution is 2.11. The van der Waals surface area contributed by atoms with Crippen molar-refractivity contribution >= 4 is 11.9 Å². The van der Waals surface area contributed by atoms with Gasteiger partial charge in [-0.1, -0.05) is 30.3 Å². The van der Waals surface area contributed by atoms with Gasteiger partial charge in [0.1, 0.15) is 6.04 Å². The molecule has 0 bridgehead atoms. The Balaban J connectivity index is 2.06. The maximum Gasteiger partial charge on any atom is 0.312 e. The zero-order chi connectivity index (χ0) is 15.1. The number of hydrogen-bond donors (Lipinski definition) is 2. The molecule has 1 unspecified atom stereocenters. The lowest BCUT2D eigenvalue weighted by Gasteiger charge is -2.25. The molecule has 0 radical (unpaired) electrons. The average molecular weight is 291 g/mol. The van der Waals surface area contributed by atoms with Crippen LogP contribution in [0.5, 0.6) is 0 Å². The summed E-state index contributed by atoms with van der Waals surface area (Å²) in [5, 5.41) is 3.87. The Bertz CT molecular complexity index is 470. The molecule has 0 saturated carbocycles. The lowest BCUT2D eigenvalue weighted by molar-refractivity contribution is -0.185. The zero-order valence-corrected chi connectivity index (χ0v) is 12.0. The second-order valence-corrected chi connectivity index (χ2v) is 5.09. The molecule has 1 saturated heterocycles. The summed E-state index contributed by atoms with van der Waals surface area (Å²) in [6.07, 6.45) is 3.27. The van der Waals surface area contributed by atoms with E-state index in [-0.39, 0.29) is 5.91 Å². The third kappa shape index (κ3) is 4.75. The van der Waals surface area contributed by atoms with E-state index in [1.54, 1.807) is 0 Å². The van der Waals surface area contributed by atoms with Crippen LogP contribution in [-0.4, -0.2) is 36.2 Å². The van der Waals surface area contributed by atoms with Crippen molar-refractivity contribution in [2.45, 2.75) is 31.7 Å². The fourth-order valence-corrected chi connectivity index (χ4v) is 2.34. The van der Waals surface area contributed by atoms with Crippen LogP contribution in [0.1, 0.15) is 24.8 Å². The molecule has 21 heavy (non-hydrogen) atoms. The second-order valence-electron chi connectivity index (χ2n) is 5.09. The number of carbonyl (C=O) groups is 2. The van der Waals surface area contributed by atoms with Crippen molar-refractivity contribution in [3.8, 4) is 0 Å². The van der Waals surface area contributed by atoms with E-state index in [1.807, 2.05) is 30.3 Å². The number of nitrogens with one attached hydrogen (secondary N) is 1. The topological polar surface area (TPSA) is 84.7 Å². The summed E-state index contributed by atoms with van der Waals surface area (Å²) in [6, 6.07) is 8.09. The summed E-state index contributed by atoms with van der Waals surface area (Å²) in [4.78, 5) is 29.1. The van der Waals surface area contributed by atoms with Crippen LogP contribution in [0.25, 0.3) is 0 Å². The van der Waals surface area contributed by atoms with Gasteiger partial charge in [0.15, 0.2) is 0 Å². The van der Waals surface area contributed by atoms with Crippen molar-refractivity contribution in [2.75, 3.05) is 13.2 Å². The maximum absolute atomic E-state index is 12.5. The van der Waals surface area contributed by atoms with Gasteiger partial charge in [-0.2, -0.15) is 0 Å². The molecule has 114 valence electrons. The molecule has 6 nitrogen and oxygen atoms in total. The first-order valence-electron chi connectivity index (χ1n) is 7.21. The summed E-state index contributed by atoms with van der Waals surface area (Å²) in [7, 11) is 0. The Kier molecular flexibility index (Phi) is 5.57. The van der Waals surface area contributed by atoms with Gasteiger partial charge >= 0.3 is 6.03 Å². The lowest BCUT2D eigenvalue weighted by Crippen LogP contribution is -2.51. The van der Waals surface area contributed by atoms with E-state index >= 15 is 0 Å². The third-order valence-electron chi connectivity index (χ3n) is 3.40. The quantitative estimate of drug-likeness (QED) is 0.874. The number of urea groups is 1. The van der Waals surface area contributed by atoms with Crippen LogP contribution in [0.15, 0.2) is 30.3 Å². The van der Waals surface area contributed by atoms with Crippen LogP contribution >= 0.6 is 0 Å². The van der Waals surface area contributed by atoms with Gasteiger partial charge in [-0.25, -0.2) is 9.86 Å². The SMILES string of the molecule is NC(=O)NC(Cc1ccccc1)C(=O)N1CCCCCO1. The van der Waals surface area contributed by atoms with Crippen molar-refractivity contribution in [1.29, 1.82) is 0 Å². The molecule has 2 rings (SSSR count). The number of nitrogens with two attached hydrogens (primary N) is 1. The Morgan fingerprint density at radius 1 is 1.24 bits per heavy atom. The molecular formula is C15H21N3O3. The first kappa shape index (κ1) is 15.3. The number of nitrogens with zero attached hydrogens (tertiary/aromatic N) is 1. The van der Waals surface area contributed by atoms with Gasteiger partial charge in [-0.15, -0.1) is 0 Å². The van der Waals surface area contributed by atoms with E-state index in [1.165, 1.54) is 5.06 Å². The van der Waals surface area contributed by atoms with Gasteiger partial charge in [0.2, 0.25) is 0 Å². The fraction of sp³-hybridized carbons (Fsp3) is 0.467. The van der Waals surface area contributed by atoms with Crippen LogP contribution in [-0.2, 0) is 16.1 Å². The largest absolute Gasteiger partial charge is 0.352 e. The smallest absolute Gasteiger partial charge is 0.312 e. The monoisotopic (exact) mass is 291 g/mol. The number of carbonyl (C=O) groups excluding carboxylic acids is 2. The Hall–Kier alpha value is -2.08. The maximum atomic E-state index is 12.5. The van der Waals surface area contributed by atoms with E-state index in [0.29, 0.717) is 19.6 Å². The number of hydrogen-bond acceptors (Lipinski definition) is 3. The number of benzene rings is 1. The molecule has 1 aromatic rings. The van der Waals surface area contributed by atoms with E-state index in [2.05, 4.69) is 5.32 Å². The zero-order valence-electron chi connectivity index (χ0n) is 12.0. The van der Waals surface area contributed by atoms with E-state index < -0.39 is 12.1 Å². The van der Waals surface area contributed by atoms with Gasteiger partial charge in [0.25, 0.3) is 5.91 Å². The minimum Gasteiger partial charge on any atom is -0.352 e. The van der Waals surface area contributed by atoms with E-state index in [4.69, 9.17) is 10.6 Å². The molecule has 0 aliphatic carbocycles. The Morgan fingerprint density at radius 2 is 2.00 bits per heavy atom. The van der Waals surface area contributed by atoms with Gasteiger partial charge in [0.05, 0.1) is 6.61 Å². The van der Waals surface area contributed by atoms with Crippen LogP contribution < -0.4 is 11.1 Å². The van der Waals surface area contributed by atoms with Crippen LogP contribution in [0, 0.1) is 0 Å². The molecular weight excluding hydrogens is 270 g/mol. The lowest BCUT2D eigenvalue weighted by atomic mass is 10.1. The summed E-state index contributed by atoms with van der Waals surface area (Å²) in [6.45, 7) is 1.07. The summed E-state index contributed by atoms with van der Waals surface area (Å²) in [5.74, 6) is -0.250. The van der Waals surface area contributed by atoms with Crippen LogP contribution in [0.2, 0.25) is 0 Å². The molecule has 1 fully saturated rings. The second kappa shape index (κ2) is 7.64. The minimum atomic E-state index is -0.709. The van der Waals surface area contributed by atoms with Gasteiger partial charge in [0, 0.05) is 13.0 Å². The Morgan fingerprint density at radius 3 is 2.71 bits per heavy atom. The number of amides is 3. The van der Waals surface area contributed by atoms with Crippen molar-refractivity contribution in [3.05, 3.63) is 35.9 Å². The molecule has 1 aliphatic rings. The van der Waals surface area contributed by atoms with Gasteiger partial charge in [-0.3, -0.25) is 9.63 Å². The molecule has 1 atom stereocenters. The van der Waals surface area contributed by atoms with Gasteiger partial charge in [-0.05, 0) is 24.8 Å². The highest BCUT2D eigenvalue weighted by molar-refractivity contribution is 5.86. The summed E-state index contributed by atoms with van der Waals surface area (Å²) >= 11 is 0. The molecule has 0 spiro atoms. The van der Waals surface area contributed by atoms with Crippen molar-refractivity contribution in [1.82, 2.24) is 10.4 Å². The van der Waals surface area contributed by atoms with Crippen LogP contribution in [0.4, 0.5) is 4.79 Å². The highest BCUT2D eigenvalue weighted by Gasteiger charge is 2.27. The van der Waals surface area contributed by atoms with E-state index in [0.717, 1.165) is 24.8 Å². The Labute approximate surface area is 124 Å². The first-order chi connectivity index (χ1) is 10.2. The summed E-state index contributed by atoms with van der Waals surface area (Å²) in [5.41, 5.74) is 6.14. The van der Waals surface area contributed by atoms with E-state index in [9.17, 15) is 9.59 Å². The standard InChI is InChI=1S/C15H21N3O3/c16-15(20)17-13(11-12-7-3-1-4-8-12)14(19)18-9-5-2-6-10-21-18/h1,3-4,7-8,13H,2,5-6,9-11H2,(H3,16,17,20). The number of rotatable bonds is 4. The van der Waals surface area contributed by atoms with Crippen molar-refractivity contribution in [2.24, 2.45) is 5.73 Å². The molecule has 3 amide bonds. The summed E-state index contributed by atoms with van der Waals surface area (Å²) < 4.78 is 0. The predicted octanol–water partition coefficient (Wildman–Crippen LogP) is 1.21. The normalized spacial score (nSPS) is 16.9. The highest BCUT2D eigenvalue weighted by atomic mass is 16.7. The third-order valence-corrected chi connectivity index (χ3v) is 3.40. The molecule has 1 aromatic carbocycles. The molecule has 6 heteroatoms. The molecule has 1 heterocycles. The van der Waals surface area contributed by atoms with Crippen LogP contribution in [0.3, 0.4) is 0 Å². The predicted molar refractivity (Wildman–Crippen MR) is 78.2 cm³/mol. The average Bonchev–Trinajstić information content (AvgIpc) is 2.75. The molecule has 3 N–H and O–H groups in total. The van der Waals surface area contributed by atoms with Gasteiger partial charge < -0.3 is 11.1 Å². The number of primary amides is 1. The van der Waals surface area contributed by atoms with Crippen molar-refractivity contribution in [3.63, 3.8) is 0 Å². The molecule has 1 aliphatic heterocycles. The molecule has 0 aromatic heterocycles. The fourth-order valence-electron chi connectivity index (χ4n) is 2.34. The first-order valence-corrected chi connectivity index (χ1v) is 7.21. The minimum absolute atomic E-state index is 0.250. The van der Waals surface area contributed by atoms with Crippen molar-refractivity contribution < 1.29 is 14.4 Å².